The topological polar surface area (TPSA) is 126 Å². The van der Waals surface area contributed by atoms with Gasteiger partial charge in [0.15, 0.2) is 6.23 Å². The van der Waals surface area contributed by atoms with Gasteiger partial charge in [-0.05, 0) is 0 Å². The highest BCUT2D eigenvalue weighted by Crippen LogP contribution is 2.30. The summed E-state index contributed by atoms with van der Waals surface area (Å²) in [6.07, 6.45) is -3.02. The number of rotatable bonds is 4. The van der Waals surface area contributed by atoms with Crippen molar-refractivity contribution in [2.24, 2.45) is 0 Å². The number of nitrogens with one attached hydrogen (secondary N) is 1. The van der Waals surface area contributed by atoms with E-state index in [1.165, 1.54) is 0 Å². The Labute approximate surface area is 134 Å². The number of ether oxygens (including phenoxy) is 4. The number of nitrogens with zero attached hydrogens (tertiary/aromatic N) is 1. The highest BCUT2D eigenvalue weighted by molar-refractivity contribution is 5.66. The Morgan fingerprint density at radius 1 is 1.46 bits per heavy atom. The van der Waals surface area contributed by atoms with E-state index in [0.717, 1.165) is 18.6 Å². The van der Waals surface area contributed by atoms with Crippen molar-refractivity contribution in [2.45, 2.75) is 31.8 Å². The summed E-state index contributed by atoms with van der Waals surface area (Å²) >= 11 is 0. The largest absolute Gasteiger partial charge is 0.508 e. The number of carbonyl (C=O) groups is 2. The van der Waals surface area contributed by atoms with Gasteiger partial charge in [-0.15, -0.1) is 0 Å². The van der Waals surface area contributed by atoms with Crippen molar-refractivity contribution >= 4 is 12.1 Å². The Morgan fingerprint density at radius 2 is 2.17 bits per heavy atom. The Hall–Kier alpha value is -2.69. The highest BCUT2D eigenvalue weighted by Gasteiger charge is 2.40. The fourth-order valence-electron chi connectivity index (χ4n) is 2.26. The van der Waals surface area contributed by atoms with Gasteiger partial charge >= 0.3 is 17.8 Å². The van der Waals surface area contributed by atoms with Crippen molar-refractivity contribution in [1.29, 1.82) is 0 Å². The van der Waals surface area contributed by atoms with E-state index in [1.54, 1.807) is 4.98 Å². The maximum absolute atomic E-state index is 13.4. The monoisotopic (exact) mass is 346 g/mol. The number of methoxy groups -OCH3 is 1. The van der Waals surface area contributed by atoms with Gasteiger partial charge in [0.05, 0.1) is 19.4 Å². The third kappa shape index (κ3) is 3.98. The van der Waals surface area contributed by atoms with E-state index >= 15 is 0 Å². The molecule has 0 spiro atoms. The molecule has 1 aromatic rings. The number of carbonyl (C=O) groups excluding carboxylic acids is 2. The molecule has 2 rings (SSSR count). The summed E-state index contributed by atoms with van der Waals surface area (Å²) < 4.78 is 33.8. The molecule has 0 aliphatic carbocycles. The van der Waals surface area contributed by atoms with Crippen molar-refractivity contribution in [2.75, 3.05) is 13.7 Å². The second-order valence-corrected chi connectivity index (χ2v) is 4.94. The molecule has 1 N–H and O–H groups in total. The average Bonchev–Trinajstić information content (AvgIpc) is 2.90. The Kier molecular flexibility index (Phi) is 5.34. The van der Waals surface area contributed by atoms with Crippen molar-refractivity contribution < 1.29 is 32.9 Å². The molecule has 0 radical (unpaired) electrons. The van der Waals surface area contributed by atoms with Crippen molar-refractivity contribution in [3.8, 4) is 0 Å². The van der Waals surface area contributed by atoms with Crippen LogP contribution in [0.1, 0.15) is 19.6 Å². The van der Waals surface area contributed by atoms with Crippen molar-refractivity contribution in [3.05, 3.63) is 32.9 Å². The van der Waals surface area contributed by atoms with E-state index in [1.807, 2.05) is 0 Å². The zero-order valence-corrected chi connectivity index (χ0v) is 12.8. The van der Waals surface area contributed by atoms with Crippen LogP contribution in [-0.2, 0) is 23.7 Å². The van der Waals surface area contributed by atoms with Crippen LogP contribution in [0.5, 0.6) is 0 Å². The molecule has 0 bridgehead atoms. The lowest BCUT2D eigenvalue weighted by Crippen LogP contribution is -2.37. The molecule has 3 atom stereocenters. The van der Waals surface area contributed by atoms with Crippen LogP contribution in [0.15, 0.2) is 15.8 Å². The summed E-state index contributed by atoms with van der Waals surface area (Å²) in [4.78, 5) is 46.9. The van der Waals surface area contributed by atoms with E-state index in [-0.39, 0.29) is 13.0 Å². The number of hydrogen-bond donors (Lipinski definition) is 1. The molecule has 1 aliphatic heterocycles. The van der Waals surface area contributed by atoms with Crippen LogP contribution in [0.25, 0.3) is 0 Å². The van der Waals surface area contributed by atoms with E-state index in [9.17, 15) is 23.6 Å². The first kappa shape index (κ1) is 17.7. The van der Waals surface area contributed by atoms with Crippen LogP contribution in [0, 0.1) is 5.82 Å². The summed E-state index contributed by atoms with van der Waals surface area (Å²) in [6, 6.07) is 0. The number of aromatic amines is 1. The molecule has 0 unspecified atom stereocenters. The summed E-state index contributed by atoms with van der Waals surface area (Å²) in [5.41, 5.74) is -2.11. The molecule has 0 aromatic carbocycles. The van der Waals surface area contributed by atoms with Crippen LogP contribution < -0.4 is 11.2 Å². The lowest BCUT2D eigenvalue weighted by Gasteiger charge is -2.20. The quantitative estimate of drug-likeness (QED) is 0.735. The van der Waals surface area contributed by atoms with E-state index in [4.69, 9.17) is 14.2 Å². The molecule has 1 aliphatic rings. The first-order valence-corrected chi connectivity index (χ1v) is 6.86. The van der Waals surface area contributed by atoms with Gasteiger partial charge in [0, 0.05) is 13.3 Å². The minimum absolute atomic E-state index is 0.0917. The lowest BCUT2D eigenvalue weighted by atomic mass is 10.2. The van der Waals surface area contributed by atoms with E-state index < -0.39 is 47.6 Å². The van der Waals surface area contributed by atoms with Crippen LogP contribution in [0.3, 0.4) is 0 Å². The van der Waals surface area contributed by atoms with Crippen molar-refractivity contribution in [3.63, 3.8) is 0 Å². The molecular formula is C13H15FN2O8. The predicted molar refractivity (Wildman–Crippen MR) is 73.7 cm³/mol. The number of aromatic nitrogens is 2. The van der Waals surface area contributed by atoms with E-state index in [0.29, 0.717) is 6.20 Å². The van der Waals surface area contributed by atoms with Gasteiger partial charge in [-0.1, -0.05) is 0 Å². The lowest BCUT2D eigenvalue weighted by molar-refractivity contribution is -0.152. The van der Waals surface area contributed by atoms with Crippen LogP contribution in [0.2, 0.25) is 0 Å². The molecule has 0 saturated carbocycles. The number of H-pyrrole nitrogens is 1. The van der Waals surface area contributed by atoms with Gasteiger partial charge in [0.1, 0.15) is 12.7 Å². The minimum Gasteiger partial charge on any atom is -0.458 e. The summed E-state index contributed by atoms with van der Waals surface area (Å²) in [5.74, 6) is -1.84. The zero-order valence-electron chi connectivity index (χ0n) is 12.8. The Balaban J connectivity index is 2.23. The molecule has 0 amide bonds. The smallest absolute Gasteiger partial charge is 0.458 e. The number of halogens is 1. The molecule has 2 heterocycles. The van der Waals surface area contributed by atoms with Crippen LogP contribution in [-0.4, -0.2) is 47.6 Å². The van der Waals surface area contributed by atoms with Gasteiger partial charge in [0.25, 0.3) is 5.56 Å². The first-order chi connectivity index (χ1) is 11.3. The van der Waals surface area contributed by atoms with Gasteiger partial charge in [-0.25, -0.2) is 9.59 Å². The maximum atomic E-state index is 13.4. The number of esters is 1. The molecule has 11 heteroatoms. The van der Waals surface area contributed by atoms with Gasteiger partial charge < -0.3 is 18.9 Å². The molecule has 132 valence electrons. The van der Waals surface area contributed by atoms with Crippen LogP contribution >= 0.6 is 0 Å². The Bertz CT molecular complexity index is 742. The highest BCUT2D eigenvalue weighted by atomic mass is 19.1. The molecule has 24 heavy (non-hydrogen) atoms. The van der Waals surface area contributed by atoms with Crippen molar-refractivity contribution in [1.82, 2.24) is 9.55 Å². The molecule has 1 fully saturated rings. The molecular weight excluding hydrogens is 331 g/mol. The minimum atomic E-state index is -1.20. The molecule has 1 saturated heterocycles. The average molecular weight is 346 g/mol. The fourth-order valence-corrected chi connectivity index (χ4v) is 2.26. The SMILES string of the molecule is COC(=O)OC[C@@H]1C[C@@H](OC(C)=O)[C@H](n2cc(F)c(=O)[nH]c2=O)O1. The van der Waals surface area contributed by atoms with E-state index in [2.05, 4.69) is 4.74 Å². The van der Waals surface area contributed by atoms with Gasteiger partial charge in [0.2, 0.25) is 5.82 Å². The van der Waals surface area contributed by atoms with Gasteiger partial charge in [-0.3, -0.25) is 19.1 Å². The summed E-state index contributed by atoms with van der Waals surface area (Å²) in [7, 11) is 1.13. The normalized spacial score (nSPS) is 22.9. The van der Waals surface area contributed by atoms with Gasteiger partial charge in [-0.2, -0.15) is 4.39 Å². The maximum Gasteiger partial charge on any atom is 0.508 e. The van der Waals surface area contributed by atoms with Crippen LogP contribution in [0.4, 0.5) is 9.18 Å². The predicted octanol–water partition coefficient (Wildman–Crippen LogP) is -0.322. The first-order valence-electron chi connectivity index (χ1n) is 6.86. The molecule has 10 nitrogen and oxygen atoms in total. The second kappa shape index (κ2) is 7.25. The summed E-state index contributed by atoms with van der Waals surface area (Å²) in [5, 5.41) is 0. The molecule has 1 aromatic heterocycles. The zero-order chi connectivity index (χ0) is 17.9. The second-order valence-electron chi connectivity index (χ2n) is 4.94. The number of hydrogen-bond acceptors (Lipinski definition) is 8. The standard InChI is InChI=1S/C13H15FN2O8/c1-6(17)23-9-3-7(5-22-13(20)21-2)24-11(9)16-4-8(14)10(18)15-12(16)19/h4,7,9,11H,3,5H2,1-2H3,(H,15,18,19)/t7-,9+,11+/m0/s1. The Morgan fingerprint density at radius 3 is 2.79 bits per heavy atom. The third-order valence-electron chi connectivity index (χ3n) is 3.21. The fraction of sp³-hybridized carbons (Fsp3) is 0.538. The third-order valence-corrected chi connectivity index (χ3v) is 3.21. The summed E-state index contributed by atoms with van der Waals surface area (Å²) in [6.45, 7) is 0.938.